The highest BCUT2D eigenvalue weighted by atomic mass is 32.2. The second-order valence-corrected chi connectivity index (χ2v) is 7.95. The Morgan fingerprint density at radius 1 is 1.21 bits per heavy atom. The smallest absolute Gasteiger partial charge is 0.327 e. The summed E-state index contributed by atoms with van der Waals surface area (Å²) in [5.41, 5.74) is 1.16. The van der Waals surface area contributed by atoms with Crippen molar-refractivity contribution in [3.63, 3.8) is 0 Å². The topological polar surface area (TPSA) is 92.5 Å². The highest BCUT2D eigenvalue weighted by Crippen LogP contribution is 2.39. The molecule has 0 radical (unpaired) electrons. The van der Waals surface area contributed by atoms with E-state index in [1.807, 2.05) is 0 Å². The van der Waals surface area contributed by atoms with E-state index in [1.54, 1.807) is 24.3 Å². The van der Waals surface area contributed by atoms with Crippen LogP contribution in [0.3, 0.4) is 0 Å². The number of benzene rings is 1. The van der Waals surface area contributed by atoms with Gasteiger partial charge in [-0.2, -0.15) is 13.5 Å². The summed E-state index contributed by atoms with van der Waals surface area (Å²) in [7, 11) is -4.00. The van der Waals surface area contributed by atoms with Gasteiger partial charge in [0.1, 0.15) is 6.04 Å². The molecular weight excluding hydrogens is 330 g/mol. The molecule has 0 amide bonds. The molecule has 1 fully saturated rings. The van der Waals surface area contributed by atoms with Crippen molar-refractivity contribution in [2.75, 3.05) is 4.31 Å². The van der Waals surface area contributed by atoms with Gasteiger partial charge in [-0.05, 0) is 37.0 Å². The molecule has 0 bridgehead atoms. The van der Waals surface area contributed by atoms with Crippen molar-refractivity contribution in [3.05, 3.63) is 42.1 Å². The van der Waals surface area contributed by atoms with E-state index >= 15 is 0 Å². The largest absolute Gasteiger partial charge is 0.480 e. The molecule has 4 rings (SSSR count). The molecule has 126 valence electrons. The fourth-order valence-electron chi connectivity index (χ4n) is 3.35. The van der Waals surface area contributed by atoms with E-state index in [0.29, 0.717) is 5.69 Å². The molecule has 1 aliphatic carbocycles. The Bertz CT molecular complexity index is 902. The van der Waals surface area contributed by atoms with E-state index in [2.05, 4.69) is 5.10 Å². The zero-order valence-electron chi connectivity index (χ0n) is 12.9. The number of aliphatic carboxylic acids is 1. The van der Waals surface area contributed by atoms with Gasteiger partial charge in [-0.15, -0.1) is 0 Å². The Morgan fingerprint density at radius 3 is 2.62 bits per heavy atom. The number of rotatable bonds is 4. The fourth-order valence-corrected chi connectivity index (χ4v) is 5.16. The van der Waals surface area contributed by atoms with Crippen LogP contribution in [0.2, 0.25) is 0 Å². The van der Waals surface area contributed by atoms with Crippen LogP contribution in [-0.2, 0) is 21.2 Å². The van der Waals surface area contributed by atoms with E-state index in [1.165, 1.54) is 16.9 Å². The second-order valence-electron chi connectivity index (χ2n) is 6.19. The molecule has 0 saturated heterocycles. The first-order valence-electron chi connectivity index (χ1n) is 7.89. The maximum atomic E-state index is 13.2. The first-order chi connectivity index (χ1) is 11.5. The number of aromatic nitrogens is 2. The summed E-state index contributed by atoms with van der Waals surface area (Å²) in [4.78, 5) is 11.7. The summed E-state index contributed by atoms with van der Waals surface area (Å²) in [5.74, 6) is -1.15. The SMILES string of the molecule is O=C(O)C1Cc2ccccc2N1S(=O)(=O)c1ccnn1C1CCC1. The number of fused-ring (bicyclic) bond motifs is 1. The first-order valence-corrected chi connectivity index (χ1v) is 9.33. The number of carboxylic acid groups (broad SMARTS) is 1. The van der Waals surface area contributed by atoms with Crippen molar-refractivity contribution in [2.24, 2.45) is 0 Å². The monoisotopic (exact) mass is 347 g/mol. The molecule has 1 unspecified atom stereocenters. The number of hydrogen-bond acceptors (Lipinski definition) is 4. The van der Waals surface area contributed by atoms with Crippen LogP contribution in [0.15, 0.2) is 41.6 Å². The standard InChI is InChI=1S/C16H17N3O4S/c20-16(21)14-10-11-4-1-2-7-13(11)19(14)24(22,23)15-8-9-17-18(15)12-5-3-6-12/h1-2,4,7-9,12,14H,3,5-6,10H2,(H,20,21). The minimum atomic E-state index is -4.00. The summed E-state index contributed by atoms with van der Waals surface area (Å²) >= 11 is 0. The highest BCUT2D eigenvalue weighted by molar-refractivity contribution is 7.92. The minimum Gasteiger partial charge on any atom is -0.480 e. The van der Waals surface area contributed by atoms with Crippen LogP contribution in [0.25, 0.3) is 0 Å². The summed E-state index contributed by atoms with van der Waals surface area (Å²) in [5, 5.41) is 13.8. The lowest BCUT2D eigenvalue weighted by atomic mass is 9.93. The summed E-state index contributed by atoms with van der Waals surface area (Å²) in [6.07, 6.45) is 4.46. The normalized spacial score (nSPS) is 20.7. The van der Waals surface area contributed by atoms with Gasteiger partial charge in [-0.25, -0.2) is 9.48 Å². The van der Waals surface area contributed by atoms with Crippen LogP contribution in [-0.4, -0.2) is 35.3 Å². The number of hydrogen-bond donors (Lipinski definition) is 1. The molecule has 7 nitrogen and oxygen atoms in total. The number of sulfonamides is 1. The Morgan fingerprint density at radius 2 is 1.96 bits per heavy atom. The van der Waals surface area contributed by atoms with Crippen LogP contribution in [0.5, 0.6) is 0 Å². The van der Waals surface area contributed by atoms with Gasteiger partial charge in [0.05, 0.1) is 17.9 Å². The van der Waals surface area contributed by atoms with Gasteiger partial charge in [0, 0.05) is 6.42 Å². The van der Waals surface area contributed by atoms with Crippen molar-refractivity contribution in [1.82, 2.24) is 9.78 Å². The van der Waals surface area contributed by atoms with Gasteiger partial charge in [0.15, 0.2) is 5.03 Å². The zero-order chi connectivity index (χ0) is 16.9. The van der Waals surface area contributed by atoms with Gasteiger partial charge in [-0.3, -0.25) is 4.31 Å². The van der Waals surface area contributed by atoms with Gasteiger partial charge in [0.25, 0.3) is 10.0 Å². The van der Waals surface area contributed by atoms with Crippen LogP contribution in [0, 0.1) is 0 Å². The number of nitrogens with zero attached hydrogens (tertiary/aromatic N) is 3. The van der Waals surface area contributed by atoms with Crippen LogP contribution in [0.4, 0.5) is 5.69 Å². The average molecular weight is 347 g/mol. The molecule has 2 aromatic rings. The third kappa shape index (κ3) is 2.13. The number of carboxylic acids is 1. The number of carbonyl (C=O) groups is 1. The highest BCUT2D eigenvalue weighted by Gasteiger charge is 2.44. The Hall–Kier alpha value is -2.35. The Balaban J connectivity index is 1.83. The van der Waals surface area contributed by atoms with Crippen molar-refractivity contribution in [2.45, 2.75) is 42.8 Å². The molecule has 1 aliphatic heterocycles. The van der Waals surface area contributed by atoms with Crippen molar-refractivity contribution >= 4 is 21.7 Å². The third-order valence-electron chi connectivity index (χ3n) is 4.79. The third-order valence-corrected chi connectivity index (χ3v) is 6.61. The van der Waals surface area contributed by atoms with Crippen LogP contribution < -0.4 is 4.31 Å². The van der Waals surface area contributed by atoms with Crippen molar-refractivity contribution in [1.29, 1.82) is 0 Å². The fraction of sp³-hybridized carbons (Fsp3) is 0.375. The first kappa shape index (κ1) is 15.2. The van der Waals surface area contributed by atoms with Crippen LogP contribution in [0.1, 0.15) is 30.9 Å². The summed E-state index contributed by atoms with van der Waals surface area (Å²) in [6.45, 7) is 0. The predicted octanol–water partition coefficient (Wildman–Crippen LogP) is 1.81. The maximum Gasteiger partial charge on any atom is 0.327 e. The molecule has 1 N–H and O–H groups in total. The Labute approximate surface area is 139 Å². The molecular formula is C16H17N3O4S. The molecule has 1 saturated carbocycles. The van der Waals surface area contributed by atoms with E-state index in [9.17, 15) is 18.3 Å². The van der Waals surface area contributed by atoms with Gasteiger partial charge in [-0.1, -0.05) is 18.2 Å². The number of anilines is 1. The van der Waals surface area contributed by atoms with Gasteiger partial charge in [0.2, 0.25) is 0 Å². The lowest BCUT2D eigenvalue weighted by Crippen LogP contribution is -2.43. The number of para-hydroxylation sites is 1. The lowest BCUT2D eigenvalue weighted by Gasteiger charge is -2.29. The molecule has 8 heteroatoms. The second kappa shape index (κ2) is 5.34. The summed E-state index contributed by atoms with van der Waals surface area (Å²) < 4.78 is 29.0. The lowest BCUT2D eigenvalue weighted by molar-refractivity contribution is -0.138. The molecule has 2 heterocycles. The molecule has 0 spiro atoms. The van der Waals surface area contributed by atoms with Crippen molar-refractivity contribution in [3.8, 4) is 0 Å². The molecule has 24 heavy (non-hydrogen) atoms. The molecule has 1 atom stereocenters. The minimum absolute atomic E-state index is 0.0650. The molecule has 1 aromatic carbocycles. The van der Waals surface area contributed by atoms with Crippen LogP contribution >= 0.6 is 0 Å². The molecule has 1 aromatic heterocycles. The van der Waals surface area contributed by atoms with E-state index in [4.69, 9.17) is 0 Å². The quantitative estimate of drug-likeness (QED) is 0.910. The van der Waals surface area contributed by atoms with E-state index < -0.39 is 22.0 Å². The maximum absolute atomic E-state index is 13.2. The Kier molecular flexibility index (Phi) is 3.38. The predicted molar refractivity (Wildman–Crippen MR) is 86.3 cm³/mol. The average Bonchev–Trinajstić information content (AvgIpc) is 3.09. The van der Waals surface area contributed by atoms with Gasteiger partial charge >= 0.3 is 5.97 Å². The van der Waals surface area contributed by atoms with Gasteiger partial charge < -0.3 is 5.11 Å². The molecule has 2 aliphatic rings. The zero-order valence-corrected chi connectivity index (χ0v) is 13.7. The van der Waals surface area contributed by atoms with Crippen molar-refractivity contribution < 1.29 is 18.3 Å². The summed E-state index contributed by atoms with van der Waals surface area (Å²) in [6, 6.07) is 7.32. The van der Waals surface area contributed by atoms with E-state index in [0.717, 1.165) is 29.1 Å². The van der Waals surface area contributed by atoms with E-state index in [-0.39, 0.29) is 17.5 Å².